The van der Waals surface area contributed by atoms with Crippen LogP contribution >= 0.6 is 12.4 Å². The predicted octanol–water partition coefficient (Wildman–Crippen LogP) is 5.43. The fourth-order valence-corrected chi connectivity index (χ4v) is 5.28. The maximum atomic E-state index is 12.8. The molecule has 0 aromatic heterocycles. The van der Waals surface area contributed by atoms with Gasteiger partial charge in [0.2, 0.25) is 10.0 Å². The Hall–Kier alpha value is -2.91. The number of carbonyl (C=O) groups is 1. The molecule has 1 saturated carbocycles. The predicted molar refractivity (Wildman–Crippen MR) is 162 cm³/mol. The van der Waals surface area contributed by atoms with E-state index in [0.29, 0.717) is 12.3 Å². The van der Waals surface area contributed by atoms with Crippen LogP contribution in [0.3, 0.4) is 0 Å². The zero-order valence-electron chi connectivity index (χ0n) is 22.8. The van der Waals surface area contributed by atoms with E-state index in [9.17, 15) is 18.3 Å². The summed E-state index contributed by atoms with van der Waals surface area (Å²) in [6.07, 6.45) is 5.48. The quantitative estimate of drug-likeness (QED) is 0.244. The Bertz CT molecular complexity index is 1330. The first-order chi connectivity index (χ1) is 18.8. The van der Waals surface area contributed by atoms with Gasteiger partial charge < -0.3 is 15.2 Å². The lowest BCUT2D eigenvalue weighted by atomic mass is 9.97. The lowest BCUT2D eigenvalue weighted by Crippen LogP contribution is -2.32. The minimum absolute atomic E-state index is 0. The van der Waals surface area contributed by atoms with Gasteiger partial charge in [0.1, 0.15) is 5.75 Å². The van der Waals surface area contributed by atoms with E-state index in [-0.39, 0.29) is 29.8 Å². The van der Waals surface area contributed by atoms with Crippen LogP contribution in [0.25, 0.3) is 11.1 Å². The van der Waals surface area contributed by atoms with Gasteiger partial charge in [-0.15, -0.1) is 12.4 Å². The van der Waals surface area contributed by atoms with Crippen molar-refractivity contribution in [2.75, 3.05) is 18.8 Å². The fourth-order valence-electron chi connectivity index (χ4n) is 4.75. The Morgan fingerprint density at radius 3 is 2.33 bits per heavy atom. The van der Waals surface area contributed by atoms with Crippen LogP contribution in [0.4, 0.5) is 0 Å². The zero-order chi connectivity index (χ0) is 27.7. The van der Waals surface area contributed by atoms with Crippen LogP contribution in [0.1, 0.15) is 66.6 Å². The van der Waals surface area contributed by atoms with Crippen LogP contribution < -0.4 is 14.8 Å². The topological polar surface area (TPSA) is 105 Å². The first-order valence-electron chi connectivity index (χ1n) is 13.7. The minimum Gasteiger partial charge on any atom is -0.490 e. The normalized spacial score (nSPS) is 14.7. The van der Waals surface area contributed by atoms with Crippen molar-refractivity contribution in [2.45, 2.75) is 57.7 Å². The maximum absolute atomic E-state index is 12.8. The van der Waals surface area contributed by atoms with Gasteiger partial charge in [-0.1, -0.05) is 67.1 Å². The monoisotopic (exact) mass is 586 g/mol. The summed E-state index contributed by atoms with van der Waals surface area (Å²) in [7, 11) is -3.69. The van der Waals surface area contributed by atoms with Crippen molar-refractivity contribution in [1.82, 2.24) is 10.0 Å². The highest BCUT2D eigenvalue weighted by molar-refractivity contribution is 7.90. The molecule has 7 nitrogen and oxygen atoms in total. The molecule has 3 aromatic carbocycles. The molecule has 0 radical (unpaired) electrons. The van der Waals surface area contributed by atoms with Gasteiger partial charge in [0, 0.05) is 6.54 Å². The van der Waals surface area contributed by atoms with Crippen LogP contribution in [-0.4, -0.2) is 44.4 Å². The number of benzene rings is 3. The zero-order valence-corrected chi connectivity index (χ0v) is 24.5. The van der Waals surface area contributed by atoms with Gasteiger partial charge in [0.05, 0.1) is 23.5 Å². The fraction of sp³-hybridized carbons (Fsp3) is 0.387. The Morgan fingerprint density at radius 1 is 0.975 bits per heavy atom. The molecule has 1 fully saturated rings. The van der Waals surface area contributed by atoms with Gasteiger partial charge in [-0.3, -0.25) is 4.79 Å². The van der Waals surface area contributed by atoms with Crippen molar-refractivity contribution >= 4 is 28.3 Å². The lowest BCUT2D eigenvalue weighted by Gasteiger charge is -2.24. The van der Waals surface area contributed by atoms with E-state index in [1.807, 2.05) is 54.6 Å². The second-order valence-corrected chi connectivity index (χ2v) is 12.0. The minimum atomic E-state index is -3.69. The second kappa shape index (κ2) is 15.2. The number of aliphatic hydroxyl groups excluding tert-OH is 1. The van der Waals surface area contributed by atoms with Crippen LogP contribution in [0, 0.1) is 0 Å². The highest BCUT2D eigenvalue weighted by atomic mass is 35.5. The molecule has 0 bridgehead atoms. The van der Waals surface area contributed by atoms with Crippen molar-refractivity contribution < 1.29 is 23.1 Å². The van der Waals surface area contributed by atoms with Gasteiger partial charge in [-0.25, -0.2) is 13.1 Å². The molecule has 0 spiro atoms. The molecule has 9 heteroatoms. The number of hydrogen-bond donors (Lipinski definition) is 3. The van der Waals surface area contributed by atoms with Crippen molar-refractivity contribution in [3.8, 4) is 16.9 Å². The SMILES string of the molecule is CCS(=O)(=O)NC(=O)c1ccc(-c2ccc(CCNC[C@@H](O)c3ccccc3)cc2)cc1OC1CCCCC1.Cl. The summed E-state index contributed by atoms with van der Waals surface area (Å²) in [5.74, 6) is -0.437. The summed E-state index contributed by atoms with van der Waals surface area (Å²) in [5.41, 5.74) is 4.16. The summed E-state index contributed by atoms with van der Waals surface area (Å²) in [6, 6.07) is 23.1. The molecule has 3 N–H and O–H groups in total. The third kappa shape index (κ3) is 9.06. The summed E-state index contributed by atoms with van der Waals surface area (Å²) < 4.78 is 32.4. The first kappa shape index (κ1) is 31.6. The molecule has 0 unspecified atom stereocenters. The molecule has 216 valence electrons. The average Bonchev–Trinajstić information content (AvgIpc) is 2.96. The number of amides is 1. The largest absolute Gasteiger partial charge is 0.490 e. The Kier molecular flexibility index (Phi) is 12.0. The number of nitrogens with one attached hydrogen (secondary N) is 2. The molecule has 3 aromatic rings. The van der Waals surface area contributed by atoms with Crippen molar-refractivity contribution in [3.63, 3.8) is 0 Å². The van der Waals surface area contributed by atoms with Gasteiger partial charge >= 0.3 is 0 Å². The number of hydrogen-bond acceptors (Lipinski definition) is 6. The molecule has 1 aliphatic rings. The third-order valence-electron chi connectivity index (χ3n) is 7.10. The van der Waals surface area contributed by atoms with E-state index < -0.39 is 22.0 Å². The van der Waals surface area contributed by atoms with E-state index in [1.54, 1.807) is 6.07 Å². The highest BCUT2D eigenvalue weighted by Gasteiger charge is 2.22. The second-order valence-electron chi connectivity index (χ2n) is 10.0. The number of carbonyl (C=O) groups excluding carboxylic acids is 1. The van der Waals surface area contributed by atoms with E-state index in [2.05, 4.69) is 22.2 Å². The third-order valence-corrected chi connectivity index (χ3v) is 8.36. The molecular weight excluding hydrogens is 548 g/mol. The van der Waals surface area contributed by atoms with Crippen LogP contribution in [0.2, 0.25) is 0 Å². The van der Waals surface area contributed by atoms with Gasteiger partial charge in [-0.2, -0.15) is 0 Å². The van der Waals surface area contributed by atoms with Crippen LogP contribution in [-0.2, 0) is 16.4 Å². The molecule has 1 atom stereocenters. The van der Waals surface area contributed by atoms with Crippen molar-refractivity contribution in [2.24, 2.45) is 0 Å². The number of halogens is 1. The summed E-state index contributed by atoms with van der Waals surface area (Å²) in [5, 5.41) is 13.6. The Labute approximate surface area is 243 Å². The van der Waals surface area contributed by atoms with Gasteiger partial charge in [0.25, 0.3) is 5.91 Å². The van der Waals surface area contributed by atoms with Crippen molar-refractivity contribution in [3.05, 3.63) is 89.5 Å². The molecule has 4 rings (SSSR count). The van der Waals surface area contributed by atoms with Crippen LogP contribution in [0.15, 0.2) is 72.8 Å². The molecular formula is C31H39ClN2O5S. The van der Waals surface area contributed by atoms with Crippen molar-refractivity contribution in [1.29, 1.82) is 0 Å². The van der Waals surface area contributed by atoms with E-state index in [4.69, 9.17) is 4.74 Å². The molecule has 1 aliphatic carbocycles. The lowest BCUT2D eigenvalue weighted by molar-refractivity contribution is 0.0969. The highest BCUT2D eigenvalue weighted by Crippen LogP contribution is 2.31. The van der Waals surface area contributed by atoms with Gasteiger partial charge in [0.15, 0.2) is 0 Å². The molecule has 1 amide bonds. The standard InChI is InChI=1S/C31H38N2O5S.ClH/c1-2-39(36,37)33-31(35)28-18-17-26(21-30(28)38-27-11-7-4-8-12-27)24-15-13-23(14-16-24)19-20-32-22-29(34)25-9-5-3-6-10-25;/h3,5-6,9-10,13-18,21,27,29,32,34H,2,4,7-8,11-12,19-20,22H2,1H3,(H,33,35);1H/t29-;/m1./s1. The molecule has 0 saturated heterocycles. The maximum Gasteiger partial charge on any atom is 0.268 e. The van der Waals surface area contributed by atoms with E-state index in [0.717, 1.165) is 55.3 Å². The van der Waals surface area contributed by atoms with Crippen LogP contribution in [0.5, 0.6) is 5.75 Å². The molecule has 0 heterocycles. The summed E-state index contributed by atoms with van der Waals surface area (Å²) >= 11 is 0. The number of rotatable bonds is 12. The summed E-state index contributed by atoms with van der Waals surface area (Å²) in [4.78, 5) is 12.8. The number of ether oxygens (including phenoxy) is 1. The Balaban J connectivity index is 0.00000441. The first-order valence-corrected chi connectivity index (χ1v) is 15.4. The van der Waals surface area contributed by atoms with E-state index >= 15 is 0 Å². The Morgan fingerprint density at radius 2 is 1.65 bits per heavy atom. The van der Waals surface area contributed by atoms with E-state index in [1.165, 1.54) is 18.9 Å². The molecule has 0 aliphatic heterocycles. The van der Waals surface area contributed by atoms with Gasteiger partial charge in [-0.05, 0) is 80.0 Å². The average molecular weight is 587 g/mol. The smallest absolute Gasteiger partial charge is 0.268 e. The molecule has 40 heavy (non-hydrogen) atoms. The summed E-state index contributed by atoms with van der Waals surface area (Å²) in [6.45, 7) is 2.73. The number of sulfonamides is 1. The number of aliphatic hydroxyl groups is 1.